The van der Waals surface area contributed by atoms with Gasteiger partial charge in [0, 0.05) is 6.54 Å². The average Bonchev–Trinajstić information content (AvgIpc) is 2.89. The van der Waals surface area contributed by atoms with Crippen molar-refractivity contribution in [3.8, 4) is 5.75 Å². The van der Waals surface area contributed by atoms with E-state index in [1.807, 2.05) is 41.3 Å². The van der Waals surface area contributed by atoms with Gasteiger partial charge in [-0.3, -0.25) is 4.79 Å². The fourth-order valence-corrected chi connectivity index (χ4v) is 3.65. The van der Waals surface area contributed by atoms with Crippen molar-refractivity contribution < 1.29 is 9.53 Å². The Labute approximate surface area is 128 Å². The minimum atomic E-state index is 0.0628. The van der Waals surface area contributed by atoms with E-state index in [2.05, 4.69) is 18.2 Å². The average molecular weight is 299 g/mol. The highest BCUT2D eigenvalue weighted by molar-refractivity contribution is 8.00. The first-order valence-electron chi connectivity index (χ1n) is 6.87. The van der Waals surface area contributed by atoms with Gasteiger partial charge in [0.1, 0.15) is 11.1 Å². The minimum Gasteiger partial charge on any atom is -0.497 e. The molecule has 1 amide bonds. The van der Waals surface area contributed by atoms with Gasteiger partial charge < -0.3 is 9.64 Å². The summed E-state index contributed by atoms with van der Waals surface area (Å²) in [6.07, 6.45) is 0. The molecule has 2 aromatic rings. The quantitative estimate of drug-likeness (QED) is 0.866. The first kappa shape index (κ1) is 14.0. The Kier molecular flexibility index (Phi) is 4.15. The monoisotopic (exact) mass is 299 g/mol. The maximum Gasteiger partial charge on any atom is 0.234 e. The second-order valence-electron chi connectivity index (χ2n) is 4.95. The molecule has 1 aliphatic heterocycles. The third-order valence-electron chi connectivity index (χ3n) is 3.54. The number of carbonyl (C=O) groups is 1. The highest BCUT2D eigenvalue weighted by Gasteiger charge is 2.32. The summed E-state index contributed by atoms with van der Waals surface area (Å²) in [6, 6.07) is 18.1. The first-order valence-corrected chi connectivity index (χ1v) is 7.92. The van der Waals surface area contributed by atoms with E-state index in [-0.39, 0.29) is 11.3 Å². The Bertz CT molecular complexity index is 630. The molecule has 3 nitrogen and oxygen atoms in total. The largest absolute Gasteiger partial charge is 0.497 e. The molecule has 1 heterocycles. The van der Waals surface area contributed by atoms with Crippen LogP contribution in [0.2, 0.25) is 0 Å². The molecule has 3 rings (SSSR count). The molecule has 21 heavy (non-hydrogen) atoms. The third-order valence-corrected chi connectivity index (χ3v) is 4.80. The molecule has 1 unspecified atom stereocenters. The summed E-state index contributed by atoms with van der Waals surface area (Å²) in [5.74, 6) is 1.55. The molecular formula is C17H17NO2S. The number of thioether (sulfide) groups is 1. The lowest BCUT2D eigenvalue weighted by atomic mass is 10.1. The third kappa shape index (κ3) is 3.05. The highest BCUT2D eigenvalue weighted by Crippen LogP contribution is 2.40. The van der Waals surface area contributed by atoms with Crippen LogP contribution in [0.1, 0.15) is 16.5 Å². The van der Waals surface area contributed by atoms with Crippen LogP contribution >= 0.6 is 11.8 Å². The molecule has 0 saturated carbocycles. The summed E-state index contributed by atoms with van der Waals surface area (Å²) in [5, 5.41) is 0.0628. The molecule has 0 N–H and O–H groups in total. The van der Waals surface area contributed by atoms with Gasteiger partial charge in [-0.1, -0.05) is 42.5 Å². The fraction of sp³-hybridized carbons (Fsp3) is 0.235. The molecule has 0 aromatic heterocycles. The lowest BCUT2D eigenvalue weighted by Crippen LogP contribution is -2.27. The predicted molar refractivity (Wildman–Crippen MR) is 85.2 cm³/mol. The summed E-state index contributed by atoms with van der Waals surface area (Å²) in [6.45, 7) is 0.647. The molecule has 4 heteroatoms. The molecule has 0 aliphatic carbocycles. The number of methoxy groups -OCH3 is 1. The van der Waals surface area contributed by atoms with Gasteiger partial charge in [-0.2, -0.15) is 0 Å². The summed E-state index contributed by atoms with van der Waals surface area (Å²) >= 11 is 1.67. The first-order chi connectivity index (χ1) is 10.3. The molecule has 0 bridgehead atoms. The number of hydrogen-bond acceptors (Lipinski definition) is 3. The van der Waals surface area contributed by atoms with Gasteiger partial charge in [-0.05, 0) is 23.3 Å². The van der Waals surface area contributed by atoms with Gasteiger partial charge in [-0.15, -0.1) is 11.8 Å². The second kappa shape index (κ2) is 6.22. The molecule has 108 valence electrons. The van der Waals surface area contributed by atoms with Crippen LogP contribution in [0, 0.1) is 0 Å². The van der Waals surface area contributed by atoms with Crippen LogP contribution in [0.15, 0.2) is 54.6 Å². The predicted octanol–water partition coefficient (Wildman–Crippen LogP) is 3.47. The fourth-order valence-electron chi connectivity index (χ4n) is 2.48. The smallest absolute Gasteiger partial charge is 0.234 e. The Morgan fingerprint density at radius 3 is 2.76 bits per heavy atom. The van der Waals surface area contributed by atoms with Crippen LogP contribution in [0.25, 0.3) is 0 Å². The molecule has 1 fully saturated rings. The molecule has 1 saturated heterocycles. The van der Waals surface area contributed by atoms with Crippen molar-refractivity contribution >= 4 is 17.7 Å². The van der Waals surface area contributed by atoms with Gasteiger partial charge in [0.15, 0.2) is 0 Å². The second-order valence-corrected chi connectivity index (χ2v) is 6.02. The van der Waals surface area contributed by atoms with Crippen LogP contribution in [0.4, 0.5) is 0 Å². The maximum absolute atomic E-state index is 12.2. The van der Waals surface area contributed by atoms with E-state index >= 15 is 0 Å². The van der Waals surface area contributed by atoms with Crippen molar-refractivity contribution in [1.29, 1.82) is 0 Å². The number of benzene rings is 2. The van der Waals surface area contributed by atoms with Crippen molar-refractivity contribution in [2.75, 3.05) is 12.9 Å². The Hall–Kier alpha value is -1.94. The van der Waals surface area contributed by atoms with Crippen LogP contribution in [0.5, 0.6) is 5.75 Å². The maximum atomic E-state index is 12.2. The lowest BCUT2D eigenvalue weighted by molar-refractivity contribution is -0.128. The number of rotatable bonds is 4. The van der Waals surface area contributed by atoms with E-state index in [1.165, 1.54) is 0 Å². The van der Waals surface area contributed by atoms with Crippen LogP contribution in [-0.2, 0) is 11.3 Å². The summed E-state index contributed by atoms with van der Waals surface area (Å²) in [7, 11) is 1.66. The molecular weight excluding hydrogens is 282 g/mol. The van der Waals surface area contributed by atoms with Gasteiger partial charge in [0.25, 0.3) is 0 Å². The zero-order chi connectivity index (χ0) is 14.7. The highest BCUT2D eigenvalue weighted by atomic mass is 32.2. The number of hydrogen-bond donors (Lipinski definition) is 0. The number of nitrogens with zero attached hydrogens (tertiary/aromatic N) is 1. The van der Waals surface area contributed by atoms with Gasteiger partial charge in [0.2, 0.25) is 5.91 Å². The Morgan fingerprint density at radius 1 is 1.19 bits per heavy atom. The van der Waals surface area contributed by atoms with E-state index in [0.717, 1.165) is 16.9 Å². The zero-order valence-electron chi connectivity index (χ0n) is 11.9. The summed E-state index contributed by atoms with van der Waals surface area (Å²) < 4.78 is 5.28. The van der Waals surface area contributed by atoms with Gasteiger partial charge >= 0.3 is 0 Å². The van der Waals surface area contributed by atoms with Crippen molar-refractivity contribution in [3.05, 3.63) is 65.7 Å². The minimum absolute atomic E-state index is 0.0628. The van der Waals surface area contributed by atoms with Crippen LogP contribution in [0.3, 0.4) is 0 Å². The molecule has 1 aliphatic rings. The van der Waals surface area contributed by atoms with E-state index in [4.69, 9.17) is 4.74 Å². The van der Waals surface area contributed by atoms with Crippen LogP contribution < -0.4 is 4.74 Å². The molecule has 2 aromatic carbocycles. The molecule has 0 radical (unpaired) electrons. The normalized spacial score (nSPS) is 18.0. The van der Waals surface area contributed by atoms with Crippen molar-refractivity contribution in [2.45, 2.75) is 11.9 Å². The van der Waals surface area contributed by atoms with Crippen molar-refractivity contribution in [1.82, 2.24) is 4.90 Å². The molecule has 0 spiro atoms. The Morgan fingerprint density at radius 2 is 2.00 bits per heavy atom. The zero-order valence-corrected chi connectivity index (χ0v) is 12.7. The van der Waals surface area contributed by atoms with Crippen molar-refractivity contribution in [2.24, 2.45) is 0 Å². The Balaban J connectivity index is 1.85. The standard InChI is InChI=1S/C17H17NO2S/c1-20-15-9-5-8-14(10-15)17-18(16(19)12-21-17)11-13-6-3-2-4-7-13/h2-10,17H,11-12H2,1H3. The SMILES string of the molecule is COc1cccc(C2SCC(=O)N2Cc2ccccc2)c1. The lowest BCUT2D eigenvalue weighted by Gasteiger charge is -2.24. The van der Waals surface area contributed by atoms with E-state index < -0.39 is 0 Å². The van der Waals surface area contributed by atoms with E-state index in [0.29, 0.717) is 12.3 Å². The van der Waals surface area contributed by atoms with Crippen LogP contribution in [-0.4, -0.2) is 23.7 Å². The molecule has 1 atom stereocenters. The van der Waals surface area contributed by atoms with Crippen molar-refractivity contribution in [3.63, 3.8) is 0 Å². The summed E-state index contributed by atoms with van der Waals surface area (Å²) in [5.41, 5.74) is 2.27. The topological polar surface area (TPSA) is 29.5 Å². The number of carbonyl (C=O) groups excluding carboxylic acids is 1. The van der Waals surface area contributed by atoms with Gasteiger partial charge in [-0.25, -0.2) is 0 Å². The van der Waals surface area contributed by atoms with E-state index in [9.17, 15) is 4.79 Å². The van der Waals surface area contributed by atoms with Gasteiger partial charge in [0.05, 0.1) is 12.9 Å². The summed E-state index contributed by atoms with van der Waals surface area (Å²) in [4.78, 5) is 14.1. The van der Waals surface area contributed by atoms with E-state index in [1.54, 1.807) is 18.9 Å². The number of ether oxygens (including phenoxy) is 1. The number of amides is 1.